The number of amides is 2. The average molecular weight is 472 g/mol. The molecule has 0 radical (unpaired) electrons. The van der Waals surface area contributed by atoms with Gasteiger partial charge in [0, 0.05) is 40.8 Å². The number of thioether (sulfide) groups is 1. The van der Waals surface area contributed by atoms with Crippen molar-refractivity contribution in [2.24, 2.45) is 0 Å². The van der Waals surface area contributed by atoms with Gasteiger partial charge in [0.15, 0.2) is 0 Å². The third kappa shape index (κ3) is 5.84. The van der Waals surface area contributed by atoms with Crippen LogP contribution < -0.4 is 5.32 Å². The van der Waals surface area contributed by atoms with Gasteiger partial charge in [0.05, 0.1) is 0 Å². The summed E-state index contributed by atoms with van der Waals surface area (Å²) in [6, 6.07) is 24.8. The molecule has 176 valence electrons. The van der Waals surface area contributed by atoms with Crippen LogP contribution in [-0.2, 0) is 18.4 Å². The van der Waals surface area contributed by atoms with Crippen LogP contribution in [-0.4, -0.2) is 28.7 Å². The average Bonchev–Trinajstić information content (AvgIpc) is 3.25. The third-order valence-electron chi connectivity index (χ3n) is 6.15. The number of benzene rings is 3. The lowest BCUT2D eigenvalue weighted by molar-refractivity contribution is 0.210. The van der Waals surface area contributed by atoms with Crippen molar-refractivity contribution in [3.63, 3.8) is 0 Å². The van der Waals surface area contributed by atoms with Crippen molar-refractivity contribution in [2.45, 2.75) is 44.0 Å². The molecular formula is C29H33N3OS. The first kappa shape index (κ1) is 24.0. The first-order valence-corrected chi connectivity index (χ1v) is 12.9. The number of para-hydroxylation sites is 1. The van der Waals surface area contributed by atoms with Gasteiger partial charge < -0.3 is 15.2 Å². The Morgan fingerprint density at radius 2 is 1.68 bits per heavy atom. The summed E-state index contributed by atoms with van der Waals surface area (Å²) in [4.78, 5) is 19.7. The topological polar surface area (TPSA) is 48.1 Å². The van der Waals surface area contributed by atoms with E-state index in [4.69, 9.17) is 0 Å². The summed E-state index contributed by atoms with van der Waals surface area (Å²) in [7, 11) is 0. The van der Waals surface area contributed by atoms with Gasteiger partial charge in [0.25, 0.3) is 0 Å². The minimum absolute atomic E-state index is 0.0864. The van der Waals surface area contributed by atoms with Crippen molar-refractivity contribution in [3.8, 4) is 0 Å². The first-order valence-electron chi connectivity index (χ1n) is 11.7. The fourth-order valence-electron chi connectivity index (χ4n) is 4.05. The highest BCUT2D eigenvalue weighted by Crippen LogP contribution is 2.24. The molecule has 1 aromatic heterocycles. The Bertz CT molecular complexity index is 1240. The van der Waals surface area contributed by atoms with Gasteiger partial charge in [0.2, 0.25) is 0 Å². The van der Waals surface area contributed by atoms with Gasteiger partial charge in [-0.2, -0.15) is 0 Å². The molecule has 0 fully saturated rings. The summed E-state index contributed by atoms with van der Waals surface area (Å²) >= 11 is 1.69. The SMILES string of the molecule is CSc1ccc(NC(=O)N(CCc2c[nH]c3ccccc23)Cc2ccc(C(C)(C)C)cc2)cc1. The summed E-state index contributed by atoms with van der Waals surface area (Å²) in [5.41, 5.74) is 5.68. The highest BCUT2D eigenvalue weighted by atomic mass is 32.2. The summed E-state index contributed by atoms with van der Waals surface area (Å²) in [5, 5.41) is 4.30. The van der Waals surface area contributed by atoms with E-state index >= 15 is 0 Å². The predicted octanol–water partition coefficient (Wildman–Crippen LogP) is 7.46. The Kier molecular flexibility index (Phi) is 7.32. The monoisotopic (exact) mass is 471 g/mol. The molecule has 2 amide bonds. The smallest absolute Gasteiger partial charge is 0.322 e. The maximum atomic E-state index is 13.3. The summed E-state index contributed by atoms with van der Waals surface area (Å²) in [5.74, 6) is 0. The molecule has 0 spiro atoms. The molecule has 4 aromatic rings. The van der Waals surface area contributed by atoms with E-state index in [1.165, 1.54) is 21.4 Å². The number of anilines is 1. The van der Waals surface area contributed by atoms with Crippen LogP contribution in [0.1, 0.15) is 37.5 Å². The number of carbonyl (C=O) groups excluding carboxylic acids is 1. The number of hydrogen-bond donors (Lipinski definition) is 2. The van der Waals surface area contributed by atoms with Crippen LogP contribution in [0.2, 0.25) is 0 Å². The Morgan fingerprint density at radius 3 is 2.35 bits per heavy atom. The predicted molar refractivity (Wildman–Crippen MR) is 145 cm³/mol. The molecule has 0 atom stereocenters. The zero-order chi connectivity index (χ0) is 24.1. The number of aromatic amines is 1. The van der Waals surface area contributed by atoms with Gasteiger partial charge in [-0.3, -0.25) is 0 Å². The molecule has 1 heterocycles. The van der Waals surface area contributed by atoms with Crippen LogP contribution in [0, 0.1) is 0 Å². The number of urea groups is 1. The zero-order valence-electron chi connectivity index (χ0n) is 20.4. The molecule has 0 aliphatic rings. The highest BCUT2D eigenvalue weighted by Gasteiger charge is 2.17. The normalized spacial score (nSPS) is 11.5. The number of carbonyl (C=O) groups is 1. The Hall–Kier alpha value is -3.18. The van der Waals surface area contributed by atoms with Crippen molar-refractivity contribution in [1.29, 1.82) is 0 Å². The number of fused-ring (bicyclic) bond motifs is 1. The molecule has 2 N–H and O–H groups in total. The van der Waals surface area contributed by atoms with Crippen molar-refractivity contribution < 1.29 is 4.79 Å². The molecule has 0 unspecified atom stereocenters. The first-order chi connectivity index (χ1) is 16.3. The standard InChI is InChI=1S/C29H33N3OS/c1-29(2,3)23-11-9-21(10-12-23)20-32(28(33)31-24-13-15-25(34-4)16-14-24)18-17-22-19-30-27-8-6-5-7-26(22)27/h5-16,19,30H,17-18,20H2,1-4H3,(H,31,33). The van der Waals surface area contributed by atoms with E-state index in [-0.39, 0.29) is 11.4 Å². The molecule has 0 aliphatic carbocycles. The second-order valence-electron chi connectivity index (χ2n) is 9.64. The molecule has 4 nitrogen and oxygen atoms in total. The fourth-order valence-corrected chi connectivity index (χ4v) is 4.46. The Morgan fingerprint density at radius 1 is 0.971 bits per heavy atom. The summed E-state index contributed by atoms with van der Waals surface area (Å²) in [6.45, 7) is 7.82. The Labute approximate surface area is 206 Å². The summed E-state index contributed by atoms with van der Waals surface area (Å²) < 4.78 is 0. The molecule has 4 rings (SSSR count). The van der Waals surface area contributed by atoms with Gasteiger partial charge in [-0.05, 0) is 65.1 Å². The van der Waals surface area contributed by atoms with Crippen molar-refractivity contribution in [2.75, 3.05) is 18.1 Å². The second kappa shape index (κ2) is 10.4. The number of aromatic nitrogens is 1. The molecular weight excluding hydrogens is 438 g/mol. The van der Waals surface area contributed by atoms with E-state index in [1.54, 1.807) is 11.8 Å². The van der Waals surface area contributed by atoms with Crippen LogP contribution in [0.15, 0.2) is 83.9 Å². The van der Waals surface area contributed by atoms with E-state index in [1.807, 2.05) is 41.5 Å². The maximum absolute atomic E-state index is 13.3. The highest BCUT2D eigenvalue weighted by molar-refractivity contribution is 7.98. The van der Waals surface area contributed by atoms with E-state index in [0.717, 1.165) is 23.2 Å². The lowest BCUT2D eigenvalue weighted by atomic mass is 9.87. The van der Waals surface area contributed by atoms with Crippen molar-refractivity contribution in [1.82, 2.24) is 9.88 Å². The van der Waals surface area contributed by atoms with E-state index in [9.17, 15) is 4.79 Å². The molecule has 34 heavy (non-hydrogen) atoms. The number of nitrogens with zero attached hydrogens (tertiary/aromatic N) is 1. The van der Waals surface area contributed by atoms with Gasteiger partial charge in [-0.15, -0.1) is 11.8 Å². The third-order valence-corrected chi connectivity index (χ3v) is 6.89. The zero-order valence-corrected chi connectivity index (χ0v) is 21.2. The van der Waals surface area contributed by atoms with E-state index in [0.29, 0.717) is 13.1 Å². The molecule has 0 saturated carbocycles. The number of rotatable bonds is 7. The van der Waals surface area contributed by atoms with Crippen LogP contribution in [0.5, 0.6) is 0 Å². The summed E-state index contributed by atoms with van der Waals surface area (Å²) in [6.07, 6.45) is 4.88. The minimum Gasteiger partial charge on any atom is -0.361 e. The Balaban J connectivity index is 1.52. The van der Waals surface area contributed by atoms with Gasteiger partial charge in [0.1, 0.15) is 0 Å². The van der Waals surface area contributed by atoms with E-state index < -0.39 is 0 Å². The van der Waals surface area contributed by atoms with Crippen LogP contribution in [0.25, 0.3) is 10.9 Å². The molecule has 0 aliphatic heterocycles. The maximum Gasteiger partial charge on any atom is 0.322 e. The lowest BCUT2D eigenvalue weighted by Crippen LogP contribution is -2.36. The van der Waals surface area contributed by atoms with E-state index in [2.05, 4.69) is 79.7 Å². The molecule has 5 heteroatoms. The van der Waals surface area contributed by atoms with Crippen LogP contribution >= 0.6 is 11.8 Å². The van der Waals surface area contributed by atoms with Crippen molar-refractivity contribution >= 4 is 34.4 Å². The molecule has 0 bridgehead atoms. The van der Waals surface area contributed by atoms with Crippen molar-refractivity contribution in [3.05, 3.63) is 95.7 Å². The molecule has 0 saturated heterocycles. The minimum atomic E-state index is -0.0864. The van der Waals surface area contributed by atoms with Gasteiger partial charge in [-0.25, -0.2) is 4.79 Å². The largest absolute Gasteiger partial charge is 0.361 e. The number of nitrogens with one attached hydrogen (secondary N) is 2. The van der Waals surface area contributed by atoms with Crippen LogP contribution in [0.4, 0.5) is 10.5 Å². The number of H-pyrrole nitrogens is 1. The second-order valence-corrected chi connectivity index (χ2v) is 10.5. The molecule has 3 aromatic carbocycles. The fraction of sp³-hybridized carbons (Fsp3) is 0.276. The van der Waals surface area contributed by atoms with Crippen LogP contribution in [0.3, 0.4) is 0 Å². The lowest BCUT2D eigenvalue weighted by Gasteiger charge is -2.24. The van der Waals surface area contributed by atoms with Gasteiger partial charge >= 0.3 is 6.03 Å². The number of hydrogen-bond acceptors (Lipinski definition) is 2. The quantitative estimate of drug-likeness (QED) is 0.275. The van der Waals surface area contributed by atoms with Gasteiger partial charge in [-0.1, -0.05) is 63.2 Å².